The molecule has 0 spiro atoms. The zero-order chi connectivity index (χ0) is 15.4. The summed E-state index contributed by atoms with van der Waals surface area (Å²) in [5.41, 5.74) is -1.08. The molecule has 0 saturated heterocycles. The SMILES string of the molecule is CCS(=O)(=O)CCNCc1ccc(F)c(C(F)(F)F)c1. The van der Waals surface area contributed by atoms with Gasteiger partial charge < -0.3 is 5.32 Å². The van der Waals surface area contributed by atoms with Gasteiger partial charge in [0.25, 0.3) is 0 Å². The first-order chi connectivity index (χ1) is 9.15. The first-order valence-electron chi connectivity index (χ1n) is 5.92. The van der Waals surface area contributed by atoms with Crippen LogP contribution in [0.2, 0.25) is 0 Å². The molecular formula is C12H15F4NO2S. The zero-order valence-corrected chi connectivity index (χ0v) is 11.6. The smallest absolute Gasteiger partial charge is 0.312 e. The van der Waals surface area contributed by atoms with Gasteiger partial charge in [0.1, 0.15) is 5.82 Å². The Morgan fingerprint density at radius 1 is 1.25 bits per heavy atom. The Morgan fingerprint density at radius 2 is 1.90 bits per heavy atom. The fourth-order valence-electron chi connectivity index (χ4n) is 1.50. The van der Waals surface area contributed by atoms with Gasteiger partial charge in [0.15, 0.2) is 9.84 Å². The monoisotopic (exact) mass is 313 g/mol. The van der Waals surface area contributed by atoms with E-state index in [0.717, 1.165) is 12.1 Å². The highest BCUT2D eigenvalue weighted by molar-refractivity contribution is 7.91. The van der Waals surface area contributed by atoms with Crippen molar-refractivity contribution >= 4 is 9.84 Å². The minimum Gasteiger partial charge on any atom is -0.312 e. The molecule has 0 heterocycles. The Bertz CT molecular complexity index is 555. The molecule has 0 aliphatic carbocycles. The van der Waals surface area contributed by atoms with Crippen LogP contribution in [0, 0.1) is 5.82 Å². The second-order valence-electron chi connectivity index (χ2n) is 4.23. The Labute approximate surface area is 114 Å². The normalized spacial score (nSPS) is 12.7. The van der Waals surface area contributed by atoms with Crippen molar-refractivity contribution in [2.75, 3.05) is 18.1 Å². The molecule has 1 N–H and O–H groups in total. The maximum absolute atomic E-state index is 13.0. The molecule has 20 heavy (non-hydrogen) atoms. The van der Waals surface area contributed by atoms with Gasteiger partial charge in [-0.15, -0.1) is 0 Å². The van der Waals surface area contributed by atoms with Crippen LogP contribution in [0.1, 0.15) is 18.1 Å². The van der Waals surface area contributed by atoms with Crippen LogP contribution in [0.15, 0.2) is 18.2 Å². The number of rotatable bonds is 6. The van der Waals surface area contributed by atoms with Crippen molar-refractivity contribution in [3.63, 3.8) is 0 Å². The summed E-state index contributed by atoms with van der Waals surface area (Å²) in [4.78, 5) is 0. The molecule has 0 aliphatic rings. The summed E-state index contributed by atoms with van der Waals surface area (Å²) >= 11 is 0. The number of benzene rings is 1. The average molecular weight is 313 g/mol. The van der Waals surface area contributed by atoms with Crippen LogP contribution < -0.4 is 5.32 Å². The minimum absolute atomic E-state index is 0.0173. The van der Waals surface area contributed by atoms with Crippen molar-refractivity contribution in [2.24, 2.45) is 0 Å². The molecule has 114 valence electrons. The van der Waals surface area contributed by atoms with Crippen LogP contribution >= 0.6 is 0 Å². The van der Waals surface area contributed by atoms with E-state index < -0.39 is 27.4 Å². The van der Waals surface area contributed by atoms with E-state index in [1.165, 1.54) is 13.0 Å². The Morgan fingerprint density at radius 3 is 2.45 bits per heavy atom. The van der Waals surface area contributed by atoms with E-state index in [4.69, 9.17) is 0 Å². The molecule has 3 nitrogen and oxygen atoms in total. The molecule has 0 aromatic heterocycles. The molecule has 0 amide bonds. The van der Waals surface area contributed by atoms with Gasteiger partial charge in [-0.3, -0.25) is 0 Å². The summed E-state index contributed by atoms with van der Waals surface area (Å²) in [7, 11) is -3.11. The van der Waals surface area contributed by atoms with Gasteiger partial charge >= 0.3 is 6.18 Å². The number of hydrogen-bond acceptors (Lipinski definition) is 3. The number of alkyl halides is 3. The van der Waals surface area contributed by atoms with Gasteiger partial charge in [-0.05, 0) is 17.7 Å². The lowest BCUT2D eigenvalue weighted by Gasteiger charge is -2.10. The van der Waals surface area contributed by atoms with E-state index in [2.05, 4.69) is 5.32 Å². The van der Waals surface area contributed by atoms with Gasteiger partial charge in [-0.25, -0.2) is 12.8 Å². The van der Waals surface area contributed by atoms with E-state index in [1.54, 1.807) is 0 Å². The maximum Gasteiger partial charge on any atom is 0.419 e. The van der Waals surface area contributed by atoms with E-state index in [9.17, 15) is 26.0 Å². The van der Waals surface area contributed by atoms with Gasteiger partial charge in [0.05, 0.1) is 11.3 Å². The van der Waals surface area contributed by atoms with Crippen molar-refractivity contribution in [3.8, 4) is 0 Å². The lowest BCUT2D eigenvalue weighted by molar-refractivity contribution is -0.140. The van der Waals surface area contributed by atoms with E-state index in [0.29, 0.717) is 0 Å². The molecule has 0 unspecified atom stereocenters. The van der Waals surface area contributed by atoms with Crippen molar-refractivity contribution < 1.29 is 26.0 Å². The summed E-state index contributed by atoms with van der Waals surface area (Å²) < 4.78 is 72.9. The number of nitrogens with one attached hydrogen (secondary N) is 1. The van der Waals surface area contributed by atoms with Crippen LogP contribution in [0.3, 0.4) is 0 Å². The topological polar surface area (TPSA) is 46.2 Å². The molecule has 0 saturated carbocycles. The zero-order valence-electron chi connectivity index (χ0n) is 10.8. The number of sulfone groups is 1. The van der Waals surface area contributed by atoms with Crippen molar-refractivity contribution in [3.05, 3.63) is 35.1 Å². The summed E-state index contributed by atoms with van der Waals surface area (Å²) in [6, 6.07) is 2.70. The van der Waals surface area contributed by atoms with Gasteiger partial charge in [-0.2, -0.15) is 13.2 Å². The molecule has 1 rings (SSSR count). The fraction of sp³-hybridized carbons (Fsp3) is 0.500. The fourth-order valence-corrected chi connectivity index (χ4v) is 2.25. The summed E-state index contributed by atoms with van der Waals surface area (Å²) in [5.74, 6) is -1.39. The summed E-state index contributed by atoms with van der Waals surface area (Å²) in [6.07, 6.45) is -4.74. The summed E-state index contributed by atoms with van der Waals surface area (Å²) in [5, 5.41) is 2.72. The second-order valence-corrected chi connectivity index (χ2v) is 6.70. The first kappa shape index (κ1) is 16.9. The van der Waals surface area contributed by atoms with E-state index in [1.807, 2.05) is 0 Å². The molecule has 0 aliphatic heterocycles. The average Bonchev–Trinajstić information content (AvgIpc) is 2.35. The molecule has 0 fully saturated rings. The third-order valence-electron chi connectivity index (χ3n) is 2.69. The highest BCUT2D eigenvalue weighted by Crippen LogP contribution is 2.31. The van der Waals surface area contributed by atoms with Crippen LogP contribution in [-0.2, 0) is 22.6 Å². The van der Waals surface area contributed by atoms with Crippen LogP contribution in [0.25, 0.3) is 0 Å². The van der Waals surface area contributed by atoms with Crippen LogP contribution in [0.5, 0.6) is 0 Å². The molecule has 0 radical (unpaired) electrons. The van der Waals surface area contributed by atoms with E-state index >= 15 is 0 Å². The molecule has 0 bridgehead atoms. The number of halogens is 4. The van der Waals surface area contributed by atoms with Crippen LogP contribution in [-0.4, -0.2) is 26.5 Å². The van der Waals surface area contributed by atoms with Crippen molar-refractivity contribution in [2.45, 2.75) is 19.6 Å². The standard InChI is InChI=1S/C12H15F4NO2S/c1-2-20(18,19)6-5-17-8-9-3-4-11(13)10(7-9)12(14,15)16/h3-4,7,17H,2,5-6,8H2,1H3. The Hall–Kier alpha value is -1.15. The molecule has 0 atom stereocenters. The van der Waals surface area contributed by atoms with Crippen molar-refractivity contribution in [1.82, 2.24) is 5.32 Å². The highest BCUT2D eigenvalue weighted by atomic mass is 32.2. The lowest BCUT2D eigenvalue weighted by Crippen LogP contribution is -2.23. The molecule has 8 heteroatoms. The molecule has 1 aromatic rings. The first-order valence-corrected chi connectivity index (χ1v) is 7.74. The van der Waals surface area contributed by atoms with Crippen molar-refractivity contribution in [1.29, 1.82) is 0 Å². The Balaban J connectivity index is 2.62. The third kappa shape index (κ3) is 5.09. The lowest BCUT2D eigenvalue weighted by atomic mass is 10.1. The molecular weight excluding hydrogens is 298 g/mol. The predicted molar refractivity (Wildman–Crippen MR) is 67.4 cm³/mol. The summed E-state index contributed by atoms with van der Waals surface area (Å²) in [6.45, 7) is 1.70. The van der Waals surface area contributed by atoms with Gasteiger partial charge in [-0.1, -0.05) is 13.0 Å². The quantitative estimate of drug-likeness (QED) is 0.648. The maximum atomic E-state index is 13.0. The Kier molecular flexibility index (Phi) is 5.52. The largest absolute Gasteiger partial charge is 0.419 e. The molecule has 1 aromatic carbocycles. The van der Waals surface area contributed by atoms with Crippen LogP contribution in [0.4, 0.5) is 17.6 Å². The third-order valence-corrected chi connectivity index (χ3v) is 4.40. The second kappa shape index (κ2) is 6.53. The number of hydrogen-bond donors (Lipinski definition) is 1. The highest BCUT2D eigenvalue weighted by Gasteiger charge is 2.34. The predicted octanol–water partition coefficient (Wildman–Crippen LogP) is 2.37. The van der Waals surface area contributed by atoms with Gasteiger partial charge in [0.2, 0.25) is 0 Å². The minimum atomic E-state index is -4.74. The van der Waals surface area contributed by atoms with E-state index in [-0.39, 0.29) is 30.2 Å². The van der Waals surface area contributed by atoms with Gasteiger partial charge in [0, 0.05) is 18.8 Å².